The number of rotatable bonds is 4. The third kappa shape index (κ3) is 3.63. The molecule has 2 heterocycles. The van der Waals surface area contributed by atoms with E-state index in [4.69, 9.17) is 4.74 Å². The highest BCUT2D eigenvalue weighted by Crippen LogP contribution is 2.21. The Morgan fingerprint density at radius 2 is 2.00 bits per heavy atom. The topological polar surface area (TPSA) is 24.5 Å². The highest BCUT2D eigenvalue weighted by Gasteiger charge is 2.26. The predicted octanol–water partition coefficient (Wildman–Crippen LogP) is 0.802. The summed E-state index contributed by atoms with van der Waals surface area (Å²) in [6, 6.07) is 0. The van der Waals surface area contributed by atoms with Gasteiger partial charge in [-0.15, -0.1) is 0 Å². The van der Waals surface area contributed by atoms with Crippen LogP contribution in [0.3, 0.4) is 0 Å². The van der Waals surface area contributed by atoms with Crippen molar-refractivity contribution in [3.05, 3.63) is 0 Å². The maximum atomic E-state index is 5.99. The van der Waals surface area contributed by atoms with Crippen LogP contribution in [0.15, 0.2) is 0 Å². The molecule has 88 valence electrons. The fourth-order valence-corrected chi connectivity index (χ4v) is 3.34. The fourth-order valence-electron chi connectivity index (χ4n) is 2.36. The van der Waals surface area contributed by atoms with E-state index >= 15 is 0 Å². The maximum absolute atomic E-state index is 5.99. The molecule has 1 N–H and O–H groups in total. The van der Waals surface area contributed by atoms with E-state index in [0.717, 1.165) is 13.1 Å². The quantitative estimate of drug-likeness (QED) is 0.772. The lowest BCUT2D eigenvalue weighted by atomic mass is 10.2. The largest absolute Gasteiger partial charge is 0.372 e. The van der Waals surface area contributed by atoms with Gasteiger partial charge in [-0.2, -0.15) is 11.8 Å². The molecule has 2 aliphatic rings. The van der Waals surface area contributed by atoms with Gasteiger partial charge in [-0.05, 0) is 19.9 Å². The zero-order chi connectivity index (χ0) is 10.5. The minimum absolute atomic E-state index is 0.458. The Balaban J connectivity index is 1.67. The molecule has 2 unspecified atom stereocenters. The van der Waals surface area contributed by atoms with Crippen LogP contribution < -0.4 is 5.32 Å². The molecule has 0 aromatic carbocycles. The molecule has 0 bridgehead atoms. The van der Waals surface area contributed by atoms with E-state index in [1.54, 1.807) is 0 Å². The first-order chi connectivity index (χ1) is 7.38. The summed E-state index contributed by atoms with van der Waals surface area (Å²) in [6.45, 7) is 4.66. The van der Waals surface area contributed by atoms with E-state index in [0.29, 0.717) is 12.2 Å². The van der Waals surface area contributed by atoms with E-state index in [1.807, 2.05) is 7.05 Å². The van der Waals surface area contributed by atoms with Crippen molar-refractivity contribution < 1.29 is 4.74 Å². The van der Waals surface area contributed by atoms with Gasteiger partial charge in [0.15, 0.2) is 0 Å². The maximum Gasteiger partial charge on any atom is 0.0707 e. The smallest absolute Gasteiger partial charge is 0.0707 e. The van der Waals surface area contributed by atoms with Gasteiger partial charge in [0.05, 0.1) is 12.2 Å². The van der Waals surface area contributed by atoms with Crippen molar-refractivity contribution >= 4 is 11.8 Å². The van der Waals surface area contributed by atoms with Crippen LogP contribution >= 0.6 is 11.8 Å². The lowest BCUT2D eigenvalue weighted by Gasteiger charge is -2.28. The van der Waals surface area contributed by atoms with Crippen LogP contribution in [0.4, 0.5) is 0 Å². The summed E-state index contributed by atoms with van der Waals surface area (Å²) >= 11 is 2.07. The highest BCUT2D eigenvalue weighted by atomic mass is 32.2. The standard InChI is InChI=1S/C11H22N2OS/c1-12-8-10-2-3-11(14-10)9-13-4-6-15-7-5-13/h10-12H,2-9H2,1H3. The average Bonchev–Trinajstić information content (AvgIpc) is 2.68. The SMILES string of the molecule is CNCC1CCC(CN2CCSCC2)O1. The summed E-state index contributed by atoms with van der Waals surface area (Å²) in [7, 11) is 2.00. The monoisotopic (exact) mass is 230 g/mol. The van der Waals surface area contributed by atoms with Gasteiger partial charge in [-0.3, -0.25) is 4.90 Å². The molecule has 2 aliphatic heterocycles. The molecule has 3 nitrogen and oxygen atoms in total. The van der Waals surface area contributed by atoms with Gasteiger partial charge >= 0.3 is 0 Å². The first-order valence-corrected chi connectivity index (χ1v) is 7.14. The number of nitrogens with zero attached hydrogens (tertiary/aromatic N) is 1. The molecule has 0 aromatic rings. The molecule has 0 aromatic heterocycles. The molecule has 0 aliphatic carbocycles. The molecular weight excluding hydrogens is 208 g/mol. The molecule has 2 saturated heterocycles. The minimum Gasteiger partial charge on any atom is -0.372 e. The van der Waals surface area contributed by atoms with Crippen LogP contribution in [0.5, 0.6) is 0 Å². The summed E-state index contributed by atoms with van der Waals surface area (Å²) < 4.78 is 5.99. The molecule has 4 heteroatoms. The minimum atomic E-state index is 0.458. The Bertz CT molecular complexity index is 185. The van der Waals surface area contributed by atoms with E-state index in [2.05, 4.69) is 22.0 Å². The summed E-state index contributed by atoms with van der Waals surface area (Å²) in [5.41, 5.74) is 0. The molecular formula is C11H22N2OS. The molecule has 0 amide bonds. The van der Waals surface area contributed by atoms with Crippen molar-refractivity contribution in [2.24, 2.45) is 0 Å². The normalized spacial score (nSPS) is 33.4. The van der Waals surface area contributed by atoms with Crippen molar-refractivity contribution in [1.82, 2.24) is 10.2 Å². The van der Waals surface area contributed by atoms with Gasteiger partial charge in [-0.1, -0.05) is 0 Å². The summed E-state index contributed by atoms with van der Waals surface area (Å²) in [6.07, 6.45) is 3.43. The number of hydrogen-bond acceptors (Lipinski definition) is 4. The molecule has 15 heavy (non-hydrogen) atoms. The Hall–Kier alpha value is 0.230. The molecule has 2 atom stereocenters. The Labute approximate surface area is 96.9 Å². The lowest BCUT2D eigenvalue weighted by Crippen LogP contribution is -2.38. The first-order valence-electron chi connectivity index (χ1n) is 5.98. The van der Waals surface area contributed by atoms with E-state index in [9.17, 15) is 0 Å². The number of nitrogens with one attached hydrogen (secondary N) is 1. The Morgan fingerprint density at radius 1 is 1.27 bits per heavy atom. The van der Waals surface area contributed by atoms with Gasteiger partial charge in [0.1, 0.15) is 0 Å². The highest BCUT2D eigenvalue weighted by molar-refractivity contribution is 7.99. The van der Waals surface area contributed by atoms with E-state index < -0.39 is 0 Å². The van der Waals surface area contributed by atoms with Crippen molar-refractivity contribution in [3.8, 4) is 0 Å². The fraction of sp³-hybridized carbons (Fsp3) is 1.00. The zero-order valence-electron chi connectivity index (χ0n) is 9.58. The first kappa shape index (κ1) is 11.7. The second-order valence-electron chi connectivity index (χ2n) is 4.43. The third-order valence-electron chi connectivity index (χ3n) is 3.19. The van der Waals surface area contributed by atoms with Crippen molar-refractivity contribution in [2.75, 3.05) is 44.7 Å². The van der Waals surface area contributed by atoms with Crippen LogP contribution in [0.25, 0.3) is 0 Å². The molecule has 2 rings (SSSR count). The second kappa shape index (κ2) is 6.09. The number of ether oxygens (including phenoxy) is 1. The lowest BCUT2D eigenvalue weighted by molar-refractivity contribution is 0.0260. The third-order valence-corrected chi connectivity index (χ3v) is 4.14. The van der Waals surface area contributed by atoms with Gasteiger partial charge < -0.3 is 10.1 Å². The second-order valence-corrected chi connectivity index (χ2v) is 5.65. The molecule has 0 saturated carbocycles. The van der Waals surface area contributed by atoms with Crippen molar-refractivity contribution in [1.29, 1.82) is 0 Å². The van der Waals surface area contributed by atoms with Crippen molar-refractivity contribution in [2.45, 2.75) is 25.0 Å². The summed E-state index contributed by atoms with van der Waals surface area (Å²) in [5.74, 6) is 2.60. The Kier molecular flexibility index (Phi) is 4.75. The molecule has 0 spiro atoms. The Morgan fingerprint density at radius 3 is 2.73 bits per heavy atom. The molecule has 0 radical (unpaired) electrons. The van der Waals surface area contributed by atoms with Crippen LogP contribution in [-0.4, -0.2) is 61.8 Å². The average molecular weight is 230 g/mol. The van der Waals surface area contributed by atoms with Gasteiger partial charge in [0.2, 0.25) is 0 Å². The number of hydrogen-bond donors (Lipinski definition) is 1. The summed E-state index contributed by atoms with van der Waals surface area (Å²) in [4.78, 5) is 2.56. The van der Waals surface area contributed by atoms with Gasteiger partial charge in [-0.25, -0.2) is 0 Å². The number of likely N-dealkylation sites (N-methyl/N-ethyl adjacent to an activating group) is 1. The van der Waals surface area contributed by atoms with Gasteiger partial charge in [0.25, 0.3) is 0 Å². The van der Waals surface area contributed by atoms with Crippen LogP contribution in [0.2, 0.25) is 0 Å². The predicted molar refractivity (Wildman–Crippen MR) is 65.6 cm³/mol. The van der Waals surface area contributed by atoms with Gasteiger partial charge in [0, 0.05) is 37.7 Å². The van der Waals surface area contributed by atoms with Crippen LogP contribution in [-0.2, 0) is 4.74 Å². The van der Waals surface area contributed by atoms with E-state index in [-0.39, 0.29) is 0 Å². The number of thioether (sulfide) groups is 1. The van der Waals surface area contributed by atoms with Crippen LogP contribution in [0.1, 0.15) is 12.8 Å². The molecule has 2 fully saturated rings. The van der Waals surface area contributed by atoms with E-state index in [1.165, 1.54) is 37.4 Å². The van der Waals surface area contributed by atoms with Crippen molar-refractivity contribution in [3.63, 3.8) is 0 Å². The zero-order valence-corrected chi connectivity index (χ0v) is 10.4. The van der Waals surface area contributed by atoms with Crippen LogP contribution in [0, 0.1) is 0 Å². The summed E-state index contributed by atoms with van der Waals surface area (Å²) in [5, 5.41) is 3.19.